The Morgan fingerprint density at radius 1 is 1.36 bits per heavy atom. The molecule has 0 aliphatic carbocycles. The summed E-state index contributed by atoms with van der Waals surface area (Å²) in [5, 5.41) is 2.11. The second-order valence-electron chi connectivity index (χ2n) is 2.91. The molecule has 0 aliphatic rings. The lowest BCUT2D eigenvalue weighted by atomic mass is 10.2. The Morgan fingerprint density at radius 2 is 2.14 bits per heavy atom. The molecule has 0 fully saturated rings. The van der Waals surface area contributed by atoms with E-state index in [0.29, 0.717) is 10.8 Å². The molecule has 0 aliphatic heterocycles. The van der Waals surface area contributed by atoms with Crippen LogP contribution in [0.2, 0.25) is 5.02 Å². The highest BCUT2D eigenvalue weighted by molar-refractivity contribution is 6.35. The standard InChI is InChI=1S/C10H8ClNO2/c1-14-7-2-6-5-12-10(13)4-8(6)9(11)3-7/h2-5H,1H3,(H,12,13). The van der Waals surface area contributed by atoms with E-state index >= 15 is 0 Å². The first-order valence-corrected chi connectivity index (χ1v) is 4.44. The van der Waals surface area contributed by atoms with Crippen LogP contribution in [0.3, 0.4) is 0 Å². The van der Waals surface area contributed by atoms with Crippen LogP contribution in [-0.2, 0) is 0 Å². The molecule has 1 N–H and O–H groups in total. The number of H-pyrrole nitrogens is 1. The number of hydrogen-bond donors (Lipinski definition) is 1. The van der Waals surface area contributed by atoms with Gasteiger partial charge in [0, 0.05) is 23.0 Å². The number of ether oxygens (including phenoxy) is 1. The summed E-state index contributed by atoms with van der Waals surface area (Å²) in [7, 11) is 1.57. The van der Waals surface area contributed by atoms with Crippen LogP contribution in [0.25, 0.3) is 10.8 Å². The summed E-state index contributed by atoms with van der Waals surface area (Å²) in [6.07, 6.45) is 1.62. The number of benzene rings is 1. The number of rotatable bonds is 1. The van der Waals surface area contributed by atoms with Crippen LogP contribution < -0.4 is 10.3 Å². The summed E-state index contributed by atoms with van der Waals surface area (Å²) in [5.74, 6) is 0.676. The van der Waals surface area contributed by atoms with Gasteiger partial charge in [-0.2, -0.15) is 0 Å². The molecule has 1 heterocycles. The van der Waals surface area contributed by atoms with Crippen molar-refractivity contribution in [1.29, 1.82) is 0 Å². The fourth-order valence-electron chi connectivity index (χ4n) is 1.32. The lowest BCUT2D eigenvalue weighted by Crippen LogP contribution is -2.01. The third kappa shape index (κ3) is 1.46. The largest absolute Gasteiger partial charge is 0.497 e. The predicted octanol–water partition coefficient (Wildman–Crippen LogP) is 2.19. The summed E-state index contributed by atoms with van der Waals surface area (Å²) >= 11 is 5.98. The van der Waals surface area contributed by atoms with Gasteiger partial charge in [0.2, 0.25) is 5.56 Å². The number of aromatic amines is 1. The molecule has 3 nitrogen and oxygen atoms in total. The minimum absolute atomic E-state index is 0.162. The normalized spacial score (nSPS) is 10.4. The highest BCUT2D eigenvalue weighted by Crippen LogP contribution is 2.27. The van der Waals surface area contributed by atoms with Gasteiger partial charge in [0.25, 0.3) is 0 Å². The Bertz CT molecular complexity index is 533. The van der Waals surface area contributed by atoms with E-state index in [9.17, 15) is 4.79 Å². The Morgan fingerprint density at radius 3 is 2.86 bits per heavy atom. The zero-order chi connectivity index (χ0) is 10.1. The van der Waals surface area contributed by atoms with Gasteiger partial charge in [-0.15, -0.1) is 0 Å². The Hall–Kier alpha value is -1.48. The Kier molecular flexibility index (Phi) is 2.17. The summed E-state index contributed by atoms with van der Waals surface area (Å²) in [4.78, 5) is 13.6. The van der Waals surface area contributed by atoms with E-state index in [-0.39, 0.29) is 5.56 Å². The Labute approximate surface area is 85.3 Å². The van der Waals surface area contributed by atoms with Gasteiger partial charge in [-0.3, -0.25) is 4.79 Å². The number of halogens is 1. The monoisotopic (exact) mass is 209 g/mol. The summed E-state index contributed by atoms with van der Waals surface area (Å²) in [6.45, 7) is 0. The van der Waals surface area contributed by atoms with E-state index < -0.39 is 0 Å². The van der Waals surface area contributed by atoms with Crippen LogP contribution in [0.5, 0.6) is 5.75 Å². The minimum atomic E-state index is -0.162. The van der Waals surface area contributed by atoms with Gasteiger partial charge in [-0.1, -0.05) is 11.6 Å². The van der Waals surface area contributed by atoms with Crippen molar-refractivity contribution in [2.45, 2.75) is 0 Å². The lowest BCUT2D eigenvalue weighted by Gasteiger charge is -2.03. The fraction of sp³-hybridized carbons (Fsp3) is 0.100. The number of aromatic nitrogens is 1. The van der Waals surface area contributed by atoms with E-state index in [1.165, 1.54) is 6.07 Å². The molecule has 1 aromatic carbocycles. The van der Waals surface area contributed by atoms with Crippen LogP contribution in [0.1, 0.15) is 0 Å². The van der Waals surface area contributed by atoms with Crippen molar-refractivity contribution in [2.75, 3.05) is 7.11 Å². The zero-order valence-corrected chi connectivity index (χ0v) is 8.26. The molecule has 1 aromatic heterocycles. The molecule has 0 radical (unpaired) electrons. The average molecular weight is 210 g/mol. The quantitative estimate of drug-likeness (QED) is 0.782. The SMILES string of the molecule is COc1cc(Cl)c2cc(=O)[nH]cc2c1. The van der Waals surface area contributed by atoms with Crippen LogP contribution in [0, 0.1) is 0 Å². The highest BCUT2D eigenvalue weighted by Gasteiger charge is 2.02. The number of nitrogens with one attached hydrogen (secondary N) is 1. The van der Waals surface area contributed by atoms with Gasteiger partial charge >= 0.3 is 0 Å². The van der Waals surface area contributed by atoms with Crippen molar-refractivity contribution < 1.29 is 4.74 Å². The molecule has 4 heteroatoms. The van der Waals surface area contributed by atoms with E-state index in [4.69, 9.17) is 16.3 Å². The number of pyridine rings is 1. The fourth-order valence-corrected chi connectivity index (χ4v) is 1.60. The van der Waals surface area contributed by atoms with Gasteiger partial charge in [0.1, 0.15) is 5.75 Å². The molecule has 0 unspecified atom stereocenters. The maximum absolute atomic E-state index is 11.0. The van der Waals surface area contributed by atoms with E-state index in [1.54, 1.807) is 19.4 Å². The van der Waals surface area contributed by atoms with Gasteiger partial charge in [-0.25, -0.2) is 0 Å². The number of fused-ring (bicyclic) bond motifs is 1. The van der Waals surface area contributed by atoms with Crippen molar-refractivity contribution in [3.63, 3.8) is 0 Å². The van der Waals surface area contributed by atoms with Gasteiger partial charge in [0.05, 0.1) is 12.1 Å². The molecule has 2 aromatic rings. The van der Waals surface area contributed by atoms with Crippen LogP contribution >= 0.6 is 11.6 Å². The topological polar surface area (TPSA) is 42.1 Å². The first-order valence-electron chi connectivity index (χ1n) is 4.06. The minimum Gasteiger partial charge on any atom is -0.497 e. The second kappa shape index (κ2) is 3.35. The van der Waals surface area contributed by atoms with Crippen molar-refractivity contribution in [3.8, 4) is 5.75 Å². The zero-order valence-electron chi connectivity index (χ0n) is 7.50. The molecule has 0 saturated heterocycles. The molecule has 0 saturated carbocycles. The molecule has 0 amide bonds. The summed E-state index contributed by atoms with van der Waals surface area (Å²) in [5.41, 5.74) is -0.162. The average Bonchev–Trinajstić information content (AvgIpc) is 2.19. The number of methoxy groups -OCH3 is 1. The first-order chi connectivity index (χ1) is 6.70. The summed E-state index contributed by atoms with van der Waals surface area (Å²) < 4.78 is 5.06. The van der Waals surface area contributed by atoms with Crippen molar-refractivity contribution >= 4 is 22.4 Å². The third-order valence-electron chi connectivity index (χ3n) is 2.02. The summed E-state index contributed by atoms with van der Waals surface area (Å²) in [6, 6.07) is 4.97. The maximum Gasteiger partial charge on any atom is 0.248 e. The molecule has 14 heavy (non-hydrogen) atoms. The molecule has 0 spiro atoms. The van der Waals surface area contributed by atoms with Crippen LogP contribution in [0.4, 0.5) is 0 Å². The third-order valence-corrected chi connectivity index (χ3v) is 2.33. The first kappa shape index (κ1) is 9.09. The molecule has 0 bridgehead atoms. The van der Waals surface area contributed by atoms with E-state index in [1.807, 2.05) is 6.07 Å². The van der Waals surface area contributed by atoms with Crippen LogP contribution in [-0.4, -0.2) is 12.1 Å². The second-order valence-corrected chi connectivity index (χ2v) is 3.32. The van der Waals surface area contributed by atoms with E-state index in [0.717, 1.165) is 10.8 Å². The van der Waals surface area contributed by atoms with Gasteiger partial charge in [-0.05, 0) is 12.1 Å². The lowest BCUT2D eigenvalue weighted by molar-refractivity contribution is 0.415. The molecular weight excluding hydrogens is 202 g/mol. The molecule has 72 valence electrons. The Balaban J connectivity index is 2.83. The van der Waals surface area contributed by atoms with E-state index in [2.05, 4.69) is 4.98 Å². The van der Waals surface area contributed by atoms with Gasteiger partial charge < -0.3 is 9.72 Å². The smallest absolute Gasteiger partial charge is 0.248 e. The molecule has 2 rings (SSSR count). The van der Waals surface area contributed by atoms with Crippen molar-refractivity contribution in [2.24, 2.45) is 0 Å². The predicted molar refractivity (Wildman–Crippen MR) is 56.1 cm³/mol. The molecule has 0 atom stereocenters. The van der Waals surface area contributed by atoms with Crippen molar-refractivity contribution in [3.05, 3.63) is 39.8 Å². The van der Waals surface area contributed by atoms with Crippen LogP contribution in [0.15, 0.2) is 29.2 Å². The molecular formula is C10H8ClNO2. The maximum atomic E-state index is 11.0. The highest BCUT2D eigenvalue weighted by atomic mass is 35.5. The van der Waals surface area contributed by atoms with Gasteiger partial charge in [0.15, 0.2) is 0 Å². The number of hydrogen-bond acceptors (Lipinski definition) is 2. The van der Waals surface area contributed by atoms with Crippen molar-refractivity contribution in [1.82, 2.24) is 4.98 Å².